The molecule has 0 saturated heterocycles. The molecule has 1 amide bonds. The van der Waals surface area contributed by atoms with Crippen LogP contribution in [0.4, 0.5) is 4.79 Å². The van der Waals surface area contributed by atoms with Gasteiger partial charge in [-0.15, -0.1) is 0 Å². The third-order valence-electron chi connectivity index (χ3n) is 8.14. The Bertz CT molecular complexity index is 536. The summed E-state index contributed by atoms with van der Waals surface area (Å²) in [6, 6.07) is 0.157. The third kappa shape index (κ3) is 15.8. The van der Waals surface area contributed by atoms with E-state index in [-0.39, 0.29) is 23.0 Å². The maximum Gasteiger partial charge on any atom is 0.407 e. The lowest BCUT2D eigenvalue weighted by atomic mass is 9.63. The second-order valence-electron chi connectivity index (χ2n) is 12.9. The van der Waals surface area contributed by atoms with Crippen LogP contribution in [0.1, 0.15) is 157 Å². The Balaban J connectivity index is 2.41. The Morgan fingerprint density at radius 3 is 1.80 bits per heavy atom. The van der Waals surface area contributed by atoms with Crippen molar-refractivity contribution in [2.45, 2.75) is 163 Å². The number of carbonyl (C=O) groups excluding carboxylic acids is 1. The molecule has 0 spiro atoms. The lowest BCUT2D eigenvalue weighted by molar-refractivity contribution is 0.0671. The molecule has 4 heteroatoms. The summed E-state index contributed by atoms with van der Waals surface area (Å²) in [5.74, 6) is 0.504. The molecule has 1 fully saturated rings. The summed E-state index contributed by atoms with van der Waals surface area (Å²) in [5, 5.41) is 3.19. The molecule has 3 N–H and O–H groups in total. The van der Waals surface area contributed by atoms with Crippen molar-refractivity contribution in [2.75, 3.05) is 13.2 Å². The summed E-state index contributed by atoms with van der Waals surface area (Å²) in [6.45, 7) is 12.6. The van der Waals surface area contributed by atoms with Crippen molar-refractivity contribution in [3.05, 3.63) is 0 Å². The molecular weight excluding hydrogens is 432 g/mol. The second-order valence-corrected chi connectivity index (χ2v) is 12.9. The minimum Gasteiger partial charge on any atom is -0.449 e. The first-order chi connectivity index (χ1) is 16.7. The van der Waals surface area contributed by atoms with Crippen molar-refractivity contribution >= 4 is 6.09 Å². The Labute approximate surface area is 219 Å². The van der Waals surface area contributed by atoms with Crippen LogP contribution < -0.4 is 11.1 Å². The highest BCUT2D eigenvalue weighted by molar-refractivity contribution is 5.67. The van der Waals surface area contributed by atoms with Gasteiger partial charge < -0.3 is 15.8 Å². The molecule has 0 aromatic heterocycles. The molecule has 0 aromatic rings. The standard InChI is InChI=1S/C31H62N2O2/c1-6-8-10-12-14-15-17-19-21-27(20-18-16-13-11-9-7-2)24-35-29(34)33-28-22-30(3,4)25-31(5,23-28)26-32/h27-28H,6-26,32H2,1-5H3,(H,33,34). The zero-order valence-electron chi connectivity index (χ0n) is 24.4. The number of nitrogens with two attached hydrogens (primary N) is 1. The smallest absolute Gasteiger partial charge is 0.407 e. The number of hydrogen-bond donors (Lipinski definition) is 2. The maximum atomic E-state index is 12.7. The van der Waals surface area contributed by atoms with Gasteiger partial charge in [-0.25, -0.2) is 4.79 Å². The van der Waals surface area contributed by atoms with E-state index in [1.54, 1.807) is 0 Å². The first-order valence-corrected chi connectivity index (χ1v) is 15.4. The first kappa shape index (κ1) is 32.3. The summed E-state index contributed by atoms with van der Waals surface area (Å²) in [5.41, 5.74) is 6.38. The molecule has 0 aromatic carbocycles. The number of unbranched alkanes of at least 4 members (excludes halogenated alkanes) is 12. The van der Waals surface area contributed by atoms with Crippen LogP contribution >= 0.6 is 0 Å². The van der Waals surface area contributed by atoms with Crippen LogP contribution in [0.15, 0.2) is 0 Å². The Morgan fingerprint density at radius 2 is 1.31 bits per heavy atom. The molecule has 1 aliphatic rings. The van der Waals surface area contributed by atoms with E-state index in [0.717, 1.165) is 19.3 Å². The summed E-state index contributed by atoms with van der Waals surface area (Å²) >= 11 is 0. The van der Waals surface area contributed by atoms with Gasteiger partial charge in [-0.1, -0.05) is 125 Å². The zero-order chi connectivity index (χ0) is 26.0. The van der Waals surface area contributed by atoms with Crippen LogP contribution in [0.5, 0.6) is 0 Å². The summed E-state index contributed by atoms with van der Waals surface area (Å²) in [7, 11) is 0. The molecule has 3 unspecified atom stereocenters. The van der Waals surface area contributed by atoms with E-state index in [9.17, 15) is 4.79 Å². The predicted molar refractivity (Wildman–Crippen MR) is 152 cm³/mol. The second kappa shape index (κ2) is 18.5. The van der Waals surface area contributed by atoms with Gasteiger partial charge in [0, 0.05) is 6.04 Å². The largest absolute Gasteiger partial charge is 0.449 e. The number of amides is 1. The van der Waals surface area contributed by atoms with Crippen LogP contribution in [0.3, 0.4) is 0 Å². The minimum absolute atomic E-state index is 0.0938. The molecule has 1 saturated carbocycles. The molecule has 1 rings (SSSR count). The predicted octanol–water partition coefficient (Wildman–Crippen LogP) is 9.15. The summed E-state index contributed by atoms with van der Waals surface area (Å²) < 4.78 is 5.81. The van der Waals surface area contributed by atoms with E-state index >= 15 is 0 Å². The molecule has 35 heavy (non-hydrogen) atoms. The molecule has 0 bridgehead atoms. The van der Waals surface area contributed by atoms with Gasteiger partial charge in [-0.05, 0) is 55.4 Å². The zero-order valence-corrected chi connectivity index (χ0v) is 24.4. The van der Waals surface area contributed by atoms with Crippen molar-refractivity contribution in [2.24, 2.45) is 22.5 Å². The lowest BCUT2D eigenvalue weighted by Gasteiger charge is -2.46. The van der Waals surface area contributed by atoms with Gasteiger partial charge in [0.1, 0.15) is 0 Å². The van der Waals surface area contributed by atoms with E-state index in [4.69, 9.17) is 10.5 Å². The number of rotatable bonds is 20. The normalized spacial score (nSPS) is 22.6. The van der Waals surface area contributed by atoms with E-state index in [0.29, 0.717) is 19.1 Å². The highest BCUT2D eigenvalue weighted by Gasteiger charge is 2.41. The van der Waals surface area contributed by atoms with Crippen LogP contribution in [0.25, 0.3) is 0 Å². The average molecular weight is 495 g/mol. The van der Waals surface area contributed by atoms with Crippen LogP contribution in [0.2, 0.25) is 0 Å². The minimum atomic E-state index is -0.226. The Kier molecular flexibility index (Phi) is 17.0. The number of hydrogen-bond acceptors (Lipinski definition) is 3. The Hall–Kier alpha value is -0.770. The molecular formula is C31H62N2O2. The molecule has 208 valence electrons. The number of nitrogens with one attached hydrogen (secondary N) is 1. The topological polar surface area (TPSA) is 64.3 Å². The Morgan fingerprint density at radius 1 is 0.829 bits per heavy atom. The SMILES string of the molecule is CCCCCCCCCCC(CCCCCCCC)COC(=O)NC1CC(C)(C)CC(C)(CN)C1. The van der Waals surface area contributed by atoms with Crippen LogP contribution in [0, 0.1) is 16.7 Å². The van der Waals surface area contributed by atoms with Crippen molar-refractivity contribution in [1.29, 1.82) is 0 Å². The summed E-state index contributed by atoms with van der Waals surface area (Å²) in [4.78, 5) is 12.7. The van der Waals surface area contributed by atoms with E-state index in [1.165, 1.54) is 103 Å². The molecule has 0 heterocycles. The van der Waals surface area contributed by atoms with Crippen LogP contribution in [-0.2, 0) is 4.74 Å². The van der Waals surface area contributed by atoms with Gasteiger partial charge in [-0.3, -0.25) is 0 Å². The number of ether oxygens (including phenoxy) is 1. The third-order valence-corrected chi connectivity index (χ3v) is 8.14. The average Bonchev–Trinajstić information content (AvgIpc) is 2.79. The van der Waals surface area contributed by atoms with Crippen molar-refractivity contribution in [3.63, 3.8) is 0 Å². The van der Waals surface area contributed by atoms with E-state index < -0.39 is 0 Å². The lowest BCUT2D eigenvalue weighted by Crippen LogP contribution is -2.49. The fourth-order valence-electron chi connectivity index (χ4n) is 6.38. The van der Waals surface area contributed by atoms with Gasteiger partial charge in [0.15, 0.2) is 0 Å². The fraction of sp³-hybridized carbons (Fsp3) is 0.968. The summed E-state index contributed by atoms with van der Waals surface area (Å²) in [6.07, 6.45) is 23.9. The molecule has 4 nitrogen and oxygen atoms in total. The molecule has 0 aliphatic heterocycles. The first-order valence-electron chi connectivity index (χ1n) is 15.4. The monoisotopic (exact) mass is 494 g/mol. The van der Waals surface area contributed by atoms with Gasteiger partial charge in [0.05, 0.1) is 6.61 Å². The number of alkyl carbamates (subject to hydrolysis) is 1. The van der Waals surface area contributed by atoms with Gasteiger partial charge >= 0.3 is 6.09 Å². The van der Waals surface area contributed by atoms with Crippen molar-refractivity contribution in [3.8, 4) is 0 Å². The number of carbonyl (C=O) groups is 1. The highest BCUT2D eigenvalue weighted by Crippen LogP contribution is 2.45. The van der Waals surface area contributed by atoms with Gasteiger partial charge in [0.25, 0.3) is 0 Å². The van der Waals surface area contributed by atoms with E-state index in [2.05, 4.69) is 39.9 Å². The van der Waals surface area contributed by atoms with Gasteiger partial charge in [0.2, 0.25) is 0 Å². The molecule has 1 aliphatic carbocycles. The molecule has 0 radical (unpaired) electrons. The van der Waals surface area contributed by atoms with E-state index in [1.807, 2.05) is 0 Å². The quantitative estimate of drug-likeness (QED) is 0.166. The van der Waals surface area contributed by atoms with Crippen LogP contribution in [-0.4, -0.2) is 25.3 Å². The van der Waals surface area contributed by atoms with Gasteiger partial charge in [-0.2, -0.15) is 0 Å². The fourth-order valence-corrected chi connectivity index (χ4v) is 6.38. The van der Waals surface area contributed by atoms with Crippen molar-refractivity contribution < 1.29 is 9.53 Å². The maximum absolute atomic E-state index is 12.7. The molecule has 3 atom stereocenters. The van der Waals surface area contributed by atoms with Crippen molar-refractivity contribution in [1.82, 2.24) is 5.32 Å². The highest BCUT2D eigenvalue weighted by atomic mass is 16.5.